The van der Waals surface area contributed by atoms with Crippen LogP contribution < -0.4 is 0 Å². The van der Waals surface area contributed by atoms with Gasteiger partial charge in [-0.05, 0) is 51.2 Å². The number of rotatable bonds is 10. The molecule has 0 aliphatic rings. The molecule has 0 unspecified atom stereocenters. The predicted molar refractivity (Wildman–Crippen MR) is 96.5 cm³/mol. The van der Waals surface area contributed by atoms with Gasteiger partial charge in [0.05, 0.1) is 19.1 Å². The molecular weight excluding hydrogens is 292 g/mol. The molecule has 3 nitrogen and oxygen atoms in total. The summed E-state index contributed by atoms with van der Waals surface area (Å²) in [6.07, 6.45) is 3.49. The van der Waals surface area contributed by atoms with Crippen molar-refractivity contribution in [2.24, 2.45) is 5.92 Å². The highest BCUT2D eigenvalue weighted by Gasteiger charge is 2.41. The average Bonchev–Trinajstić information content (AvgIpc) is 2.50. The molecule has 0 fully saturated rings. The standard InChI is InChI=1S/C18H36O3Si/c1-9-22(10-2,11-3)21-18(7,13-12-15(4)5)16(6)14-17(19)20-8/h12,16H,9-11,13-14H2,1-8H3/t16-,18+/m1/s1. The highest BCUT2D eigenvalue weighted by Crippen LogP contribution is 2.36. The second kappa shape index (κ2) is 9.51. The Bertz CT molecular complexity index is 362. The van der Waals surface area contributed by atoms with Crippen LogP contribution in [0.1, 0.15) is 61.3 Å². The Balaban J connectivity index is 5.40. The molecule has 0 saturated carbocycles. The van der Waals surface area contributed by atoms with Crippen LogP contribution in [0.25, 0.3) is 0 Å². The molecule has 0 rings (SSSR count). The van der Waals surface area contributed by atoms with Crippen molar-refractivity contribution in [1.82, 2.24) is 0 Å². The van der Waals surface area contributed by atoms with Crippen molar-refractivity contribution in [2.45, 2.75) is 85.0 Å². The summed E-state index contributed by atoms with van der Waals surface area (Å²) >= 11 is 0. The lowest BCUT2D eigenvalue weighted by Crippen LogP contribution is -2.49. The predicted octanol–water partition coefficient (Wildman–Crippen LogP) is 5.32. The zero-order valence-electron chi connectivity index (χ0n) is 15.9. The summed E-state index contributed by atoms with van der Waals surface area (Å²) in [5.74, 6) is -0.0247. The number of allylic oxidation sites excluding steroid dienone is 1. The molecule has 130 valence electrons. The van der Waals surface area contributed by atoms with Gasteiger partial charge in [-0.1, -0.05) is 39.3 Å². The van der Waals surface area contributed by atoms with Crippen LogP contribution in [0, 0.1) is 5.92 Å². The minimum atomic E-state index is -1.73. The van der Waals surface area contributed by atoms with E-state index in [0.29, 0.717) is 6.42 Å². The number of methoxy groups -OCH3 is 1. The van der Waals surface area contributed by atoms with Gasteiger partial charge in [0, 0.05) is 0 Å². The molecule has 0 N–H and O–H groups in total. The van der Waals surface area contributed by atoms with Gasteiger partial charge in [-0.25, -0.2) is 0 Å². The largest absolute Gasteiger partial charge is 0.469 e. The van der Waals surface area contributed by atoms with Crippen molar-refractivity contribution in [3.8, 4) is 0 Å². The van der Waals surface area contributed by atoms with Gasteiger partial charge in [0.2, 0.25) is 0 Å². The first-order valence-electron chi connectivity index (χ1n) is 8.59. The molecular formula is C18H36O3Si. The van der Waals surface area contributed by atoms with E-state index in [0.717, 1.165) is 24.6 Å². The van der Waals surface area contributed by atoms with E-state index in [1.807, 2.05) is 0 Å². The molecule has 0 heterocycles. The minimum Gasteiger partial charge on any atom is -0.469 e. The lowest BCUT2D eigenvalue weighted by Gasteiger charge is -2.43. The third-order valence-electron chi connectivity index (χ3n) is 5.04. The lowest BCUT2D eigenvalue weighted by molar-refractivity contribution is -0.143. The molecule has 0 saturated heterocycles. The number of hydrogen-bond donors (Lipinski definition) is 0. The van der Waals surface area contributed by atoms with Gasteiger partial charge in [-0.3, -0.25) is 4.79 Å². The Hall–Kier alpha value is -0.613. The molecule has 4 heteroatoms. The highest BCUT2D eigenvalue weighted by molar-refractivity contribution is 6.73. The first kappa shape index (κ1) is 21.4. The van der Waals surface area contributed by atoms with E-state index in [4.69, 9.17) is 9.16 Å². The fourth-order valence-corrected chi connectivity index (χ4v) is 5.97. The summed E-state index contributed by atoms with van der Waals surface area (Å²) < 4.78 is 11.7. The van der Waals surface area contributed by atoms with Crippen LogP contribution in [0.4, 0.5) is 0 Å². The third-order valence-corrected chi connectivity index (χ3v) is 9.81. The summed E-state index contributed by atoms with van der Waals surface area (Å²) in [6, 6.07) is 3.36. The van der Waals surface area contributed by atoms with Gasteiger partial charge < -0.3 is 9.16 Å². The monoisotopic (exact) mass is 328 g/mol. The first-order valence-corrected chi connectivity index (χ1v) is 11.1. The molecule has 0 aliphatic carbocycles. The summed E-state index contributed by atoms with van der Waals surface area (Å²) in [5, 5.41) is 0. The summed E-state index contributed by atoms with van der Waals surface area (Å²) in [4.78, 5) is 11.7. The van der Waals surface area contributed by atoms with E-state index >= 15 is 0 Å². The molecule has 0 aromatic carbocycles. The molecule has 2 atom stereocenters. The summed E-state index contributed by atoms with van der Waals surface area (Å²) in [5.41, 5.74) is 0.983. The Morgan fingerprint density at radius 1 is 1.18 bits per heavy atom. The number of esters is 1. The summed E-state index contributed by atoms with van der Waals surface area (Å²) in [6.45, 7) is 15.2. The number of hydrogen-bond acceptors (Lipinski definition) is 3. The van der Waals surface area contributed by atoms with E-state index in [1.54, 1.807) is 0 Å². The highest BCUT2D eigenvalue weighted by atomic mass is 28.4. The summed E-state index contributed by atoms with van der Waals surface area (Å²) in [7, 11) is -0.279. The number of ether oxygens (including phenoxy) is 1. The van der Waals surface area contributed by atoms with Crippen LogP contribution in [0.5, 0.6) is 0 Å². The Morgan fingerprint density at radius 2 is 1.68 bits per heavy atom. The van der Waals surface area contributed by atoms with E-state index in [9.17, 15) is 4.79 Å². The zero-order valence-corrected chi connectivity index (χ0v) is 16.9. The first-order chi connectivity index (χ1) is 10.2. The van der Waals surface area contributed by atoms with Crippen molar-refractivity contribution in [1.29, 1.82) is 0 Å². The smallest absolute Gasteiger partial charge is 0.305 e. The van der Waals surface area contributed by atoms with Crippen molar-refractivity contribution >= 4 is 14.3 Å². The van der Waals surface area contributed by atoms with E-state index in [2.05, 4.69) is 54.5 Å². The third kappa shape index (κ3) is 6.25. The molecule has 0 bridgehead atoms. The Kier molecular flexibility index (Phi) is 9.24. The maximum atomic E-state index is 11.7. The van der Waals surface area contributed by atoms with Crippen molar-refractivity contribution in [3.05, 3.63) is 11.6 Å². The van der Waals surface area contributed by atoms with Crippen molar-refractivity contribution < 1.29 is 14.0 Å². The van der Waals surface area contributed by atoms with E-state index in [1.165, 1.54) is 12.7 Å². The molecule has 0 radical (unpaired) electrons. The maximum Gasteiger partial charge on any atom is 0.305 e. The number of carbonyl (C=O) groups is 1. The number of carbonyl (C=O) groups excluding carboxylic acids is 1. The van der Waals surface area contributed by atoms with E-state index < -0.39 is 8.32 Å². The van der Waals surface area contributed by atoms with Crippen LogP contribution in [0.3, 0.4) is 0 Å². The maximum absolute atomic E-state index is 11.7. The van der Waals surface area contributed by atoms with Crippen molar-refractivity contribution in [2.75, 3.05) is 7.11 Å². The Labute approximate surface area is 138 Å². The van der Waals surface area contributed by atoms with Gasteiger partial charge in [0.1, 0.15) is 0 Å². The SMILES string of the molecule is CC[Si](CC)(CC)O[C@@](C)(CC=C(C)C)[C@H](C)CC(=O)OC. The topological polar surface area (TPSA) is 35.5 Å². The van der Waals surface area contributed by atoms with Gasteiger partial charge in [-0.15, -0.1) is 0 Å². The van der Waals surface area contributed by atoms with Crippen LogP contribution in [-0.4, -0.2) is 27.0 Å². The lowest BCUT2D eigenvalue weighted by atomic mass is 9.85. The normalized spacial score (nSPS) is 15.8. The Morgan fingerprint density at radius 3 is 2.05 bits per heavy atom. The van der Waals surface area contributed by atoms with Gasteiger partial charge in [-0.2, -0.15) is 0 Å². The van der Waals surface area contributed by atoms with Crippen LogP contribution in [0.2, 0.25) is 18.1 Å². The average molecular weight is 329 g/mol. The van der Waals surface area contributed by atoms with Crippen LogP contribution in [-0.2, 0) is 14.0 Å². The second-order valence-corrected chi connectivity index (χ2v) is 11.5. The molecule has 0 spiro atoms. The minimum absolute atomic E-state index is 0.132. The van der Waals surface area contributed by atoms with Crippen LogP contribution in [0.15, 0.2) is 11.6 Å². The quantitative estimate of drug-likeness (QED) is 0.309. The fraction of sp³-hybridized carbons (Fsp3) is 0.833. The molecule has 22 heavy (non-hydrogen) atoms. The molecule has 0 aromatic rings. The molecule has 0 aliphatic heterocycles. The van der Waals surface area contributed by atoms with Gasteiger partial charge in [0.15, 0.2) is 8.32 Å². The molecule has 0 aromatic heterocycles. The van der Waals surface area contributed by atoms with Gasteiger partial charge >= 0.3 is 5.97 Å². The zero-order chi connectivity index (χ0) is 17.4. The van der Waals surface area contributed by atoms with Crippen molar-refractivity contribution in [3.63, 3.8) is 0 Å². The van der Waals surface area contributed by atoms with Gasteiger partial charge in [0.25, 0.3) is 0 Å². The van der Waals surface area contributed by atoms with Crippen LogP contribution >= 0.6 is 0 Å². The molecule has 0 amide bonds. The second-order valence-electron chi connectivity index (χ2n) is 6.83. The fourth-order valence-electron chi connectivity index (χ4n) is 2.76. The van der Waals surface area contributed by atoms with E-state index in [-0.39, 0.29) is 17.5 Å².